The summed E-state index contributed by atoms with van der Waals surface area (Å²) in [6.07, 6.45) is 0. The van der Waals surface area contributed by atoms with E-state index >= 15 is 0 Å². The monoisotopic (exact) mass is 275 g/mol. The van der Waals surface area contributed by atoms with Crippen LogP contribution in [0.3, 0.4) is 0 Å². The topological polar surface area (TPSA) is 93.7 Å². The molecule has 0 aromatic carbocycles. The van der Waals surface area contributed by atoms with E-state index in [-0.39, 0.29) is 24.7 Å². The molecule has 0 fully saturated rings. The highest BCUT2D eigenvalue weighted by Gasteiger charge is 2.14. The Morgan fingerprint density at radius 1 is 1.26 bits per heavy atom. The number of amides is 1. The van der Waals surface area contributed by atoms with Gasteiger partial charge in [0.15, 0.2) is 5.16 Å². The molecule has 0 atom stereocenters. The molecule has 1 aromatic rings. The molecule has 0 radical (unpaired) electrons. The lowest BCUT2D eigenvalue weighted by Crippen LogP contribution is -2.33. The van der Waals surface area contributed by atoms with Crippen LogP contribution in [0.2, 0.25) is 0 Å². The van der Waals surface area contributed by atoms with E-state index in [1.165, 1.54) is 16.7 Å². The molecule has 0 aliphatic heterocycles. The number of nitriles is 2. The van der Waals surface area contributed by atoms with E-state index in [2.05, 4.69) is 9.97 Å². The normalized spacial score (nSPS) is 9.47. The van der Waals surface area contributed by atoms with Crippen LogP contribution in [-0.2, 0) is 4.79 Å². The zero-order valence-corrected chi connectivity index (χ0v) is 11.6. The third kappa shape index (κ3) is 4.94. The SMILES string of the molecule is Cc1cc(C)nc(SCC(=O)N(CC#N)CC#N)n1. The second-order valence-corrected chi connectivity index (χ2v) is 4.73. The second-order valence-electron chi connectivity index (χ2n) is 3.79. The maximum Gasteiger partial charge on any atom is 0.234 e. The molecule has 7 heteroatoms. The second kappa shape index (κ2) is 7.34. The van der Waals surface area contributed by atoms with Crippen LogP contribution in [0.5, 0.6) is 0 Å². The van der Waals surface area contributed by atoms with Crippen molar-refractivity contribution in [1.29, 1.82) is 10.5 Å². The molecule has 19 heavy (non-hydrogen) atoms. The molecular formula is C12H13N5OS. The number of aromatic nitrogens is 2. The van der Waals surface area contributed by atoms with E-state index in [1.54, 1.807) is 0 Å². The lowest BCUT2D eigenvalue weighted by atomic mass is 10.4. The molecular weight excluding hydrogens is 262 g/mol. The van der Waals surface area contributed by atoms with Gasteiger partial charge in [0.1, 0.15) is 13.1 Å². The lowest BCUT2D eigenvalue weighted by molar-refractivity contribution is -0.127. The van der Waals surface area contributed by atoms with Crippen molar-refractivity contribution in [2.45, 2.75) is 19.0 Å². The predicted octanol–water partition coefficient (Wildman–Crippen LogP) is 1.06. The first kappa shape index (κ1) is 14.9. The fourth-order valence-electron chi connectivity index (χ4n) is 1.38. The smallest absolute Gasteiger partial charge is 0.234 e. The maximum atomic E-state index is 11.8. The quantitative estimate of drug-likeness (QED) is 0.453. The van der Waals surface area contributed by atoms with Gasteiger partial charge in [0.2, 0.25) is 5.91 Å². The van der Waals surface area contributed by atoms with E-state index in [1.807, 2.05) is 32.1 Å². The third-order valence-electron chi connectivity index (χ3n) is 2.16. The number of hydrogen-bond acceptors (Lipinski definition) is 6. The van der Waals surface area contributed by atoms with Crippen molar-refractivity contribution in [1.82, 2.24) is 14.9 Å². The van der Waals surface area contributed by atoms with Crippen LogP contribution in [0.4, 0.5) is 0 Å². The van der Waals surface area contributed by atoms with Gasteiger partial charge >= 0.3 is 0 Å². The number of carbonyl (C=O) groups excluding carboxylic acids is 1. The summed E-state index contributed by atoms with van der Waals surface area (Å²) in [6.45, 7) is 3.55. The van der Waals surface area contributed by atoms with E-state index in [0.29, 0.717) is 5.16 Å². The van der Waals surface area contributed by atoms with Crippen LogP contribution in [0.1, 0.15) is 11.4 Å². The highest BCUT2D eigenvalue weighted by Crippen LogP contribution is 2.14. The Morgan fingerprint density at radius 2 is 1.79 bits per heavy atom. The van der Waals surface area contributed by atoms with Gasteiger partial charge in [-0.2, -0.15) is 10.5 Å². The number of aryl methyl sites for hydroxylation is 2. The Bertz CT molecular complexity index is 510. The highest BCUT2D eigenvalue weighted by atomic mass is 32.2. The predicted molar refractivity (Wildman–Crippen MR) is 70.0 cm³/mol. The molecule has 0 saturated carbocycles. The number of carbonyl (C=O) groups is 1. The molecule has 98 valence electrons. The Morgan fingerprint density at radius 3 is 2.26 bits per heavy atom. The summed E-state index contributed by atoms with van der Waals surface area (Å²) in [5.41, 5.74) is 1.68. The first-order valence-corrected chi connectivity index (χ1v) is 6.52. The van der Waals surface area contributed by atoms with Gasteiger partial charge < -0.3 is 4.90 Å². The highest BCUT2D eigenvalue weighted by molar-refractivity contribution is 7.99. The van der Waals surface area contributed by atoms with Crippen molar-refractivity contribution in [3.05, 3.63) is 17.5 Å². The van der Waals surface area contributed by atoms with Crippen LogP contribution >= 0.6 is 11.8 Å². The van der Waals surface area contributed by atoms with Crippen molar-refractivity contribution >= 4 is 17.7 Å². The van der Waals surface area contributed by atoms with E-state index in [4.69, 9.17) is 10.5 Å². The minimum Gasteiger partial charge on any atom is -0.315 e. The molecule has 0 bridgehead atoms. The van der Waals surface area contributed by atoms with Gasteiger partial charge in [0.05, 0.1) is 17.9 Å². The largest absolute Gasteiger partial charge is 0.315 e. The standard InChI is InChI=1S/C12H13N5OS/c1-9-7-10(2)16-12(15-9)19-8-11(18)17(5-3-13)6-4-14/h7H,5-6,8H2,1-2H3. The molecule has 0 aliphatic rings. The average molecular weight is 275 g/mol. The zero-order chi connectivity index (χ0) is 14.3. The molecule has 0 aliphatic carbocycles. The maximum absolute atomic E-state index is 11.8. The Balaban J connectivity index is 2.62. The van der Waals surface area contributed by atoms with Gasteiger partial charge in [0, 0.05) is 11.4 Å². The lowest BCUT2D eigenvalue weighted by Gasteiger charge is -2.14. The summed E-state index contributed by atoms with van der Waals surface area (Å²) in [5, 5.41) is 17.7. The summed E-state index contributed by atoms with van der Waals surface area (Å²) in [4.78, 5) is 21.4. The number of hydrogen-bond donors (Lipinski definition) is 0. The molecule has 6 nitrogen and oxygen atoms in total. The summed E-state index contributed by atoms with van der Waals surface area (Å²) >= 11 is 1.20. The van der Waals surface area contributed by atoms with Crippen molar-refractivity contribution in [3.63, 3.8) is 0 Å². The first-order valence-electron chi connectivity index (χ1n) is 5.53. The summed E-state index contributed by atoms with van der Waals surface area (Å²) < 4.78 is 0. The number of thioether (sulfide) groups is 1. The fourth-order valence-corrected chi connectivity index (χ4v) is 2.23. The Hall–Kier alpha value is -2.12. The molecule has 1 amide bonds. The van der Waals surface area contributed by atoms with Crippen LogP contribution < -0.4 is 0 Å². The van der Waals surface area contributed by atoms with Gasteiger partial charge in [-0.05, 0) is 19.9 Å². The van der Waals surface area contributed by atoms with Gasteiger partial charge in [-0.1, -0.05) is 11.8 Å². The first-order chi connectivity index (χ1) is 9.06. The van der Waals surface area contributed by atoms with Crippen LogP contribution in [-0.4, -0.2) is 39.6 Å². The molecule has 1 heterocycles. The molecule has 0 N–H and O–H groups in total. The summed E-state index contributed by atoms with van der Waals surface area (Å²) in [5.74, 6) is -0.150. The summed E-state index contributed by atoms with van der Waals surface area (Å²) in [6, 6.07) is 5.58. The van der Waals surface area contributed by atoms with Crippen molar-refractivity contribution < 1.29 is 4.79 Å². The van der Waals surface area contributed by atoms with Crippen LogP contribution in [0.15, 0.2) is 11.2 Å². The van der Waals surface area contributed by atoms with Gasteiger partial charge in [-0.3, -0.25) is 4.79 Å². The summed E-state index contributed by atoms with van der Waals surface area (Å²) in [7, 11) is 0. The van der Waals surface area contributed by atoms with E-state index in [9.17, 15) is 4.79 Å². The number of nitrogens with zero attached hydrogens (tertiary/aromatic N) is 5. The van der Waals surface area contributed by atoms with Crippen molar-refractivity contribution in [3.8, 4) is 12.1 Å². The molecule has 0 unspecified atom stereocenters. The van der Waals surface area contributed by atoms with Crippen molar-refractivity contribution in [2.75, 3.05) is 18.8 Å². The molecule has 0 saturated heterocycles. The molecule has 1 aromatic heterocycles. The van der Waals surface area contributed by atoms with Crippen LogP contribution in [0.25, 0.3) is 0 Å². The fraction of sp³-hybridized carbons (Fsp3) is 0.417. The van der Waals surface area contributed by atoms with Gasteiger partial charge in [-0.25, -0.2) is 9.97 Å². The molecule has 0 spiro atoms. The minimum atomic E-state index is -0.268. The Labute approximate surface area is 116 Å². The van der Waals surface area contributed by atoms with E-state index in [0.717, 1.165) is 11.4 Å². The van der Waals surface area contributed by atoms with Gasteiger partial charge in [0.25, 0.3) is 0 Å². The third-order valence-corrected chi connectivity index (χ3v) is 2.99. The van der Waals surface area contributed by atoms with Crippen molar-refractivity contribution in [2.24, 2.45) is 0 Å². The average Bonchev–Trinajstić information content (AvgIpc) is 2.34. The molecule has 1 rings (SSSR count). The van der Waals surface area contributed by atoms with E-state index < -0.39 is 0 Å². The zero-order valence-electron chi connectivity index (χ0n) is 10.8. The van der Waals surface area contributed by atoms with Gasteiger partial charge in [-0.15, -0.1) is 0 Å². The minimum absolute atomic E-state index is 0.0827. The Kier molecular flexibility index (Phi) is 5.77. The van der Waals surface area contributed by atoms with Crippen LogP contribution in [0, 0.1) is 36.5 Å². The number of rotatable bonds is 5.